The number of rotatable bonds is 8. The molecule has 1 fully saturated rings. The molecule has 0 radical (unpaired) electrons. The first-order valence-corrected chi connectivity index (χ1v) is 8.21. The molecule has 1 heterocycles. The van der Waals surface area contributed by atoms with Crippen molar-refractivity contribution in [3.8, 4) is 0 Å². The van der Waals surface area contributed by atoms with E-state index in [1.807, 2.05) is 11.8 Å². The molecule has 1 saturated heterocycles. The maximum atomic E-state index is 11.7. The summed E-state index contributed by atoms with van der Waals surface area (Å²) in [6, 6.07) is 0.367. The highest BCUT2D eigenvalue weighted by atomic mass is 35.5. The zero-order valence-electron chi connectivity index (χ0n) is 12.5. The van der Waals surface area contributed by atoms with E-state index in [0.29, 0.717) is 12.5 Å². The first kappa shape index (κ1) is 22.6. The second-order valence-electron chi connectivity index (χ2n) is 4.66. The Bertz CT molecular complexity index is 238. The normalized spacial score (nSPS) is 18.1. The van der Waals surface area contributed by atoms with Gasteiger partial charge in [0, 0.05) is 37.1 Å². The van der Waals surface area contributed by atoms with Crippen LogP contribution in [-0.2, 0) is 4.79 Å². The lowest BCUT2D eigenvalue weighted by atomic mass is 10.2. The molecular formula is C13H29Cl2N3OS. The minimum absolute atomic E-state index is 0. The van der Waals surface area contributed by atoms with Gasteiger partial charge < -0.3 is 15.5 Å². The molecule has 20 heavy (non-hydrogen) atoms. The molecule has 0 spiro atoms. The number of carbonyl (C=O) groups is 1. The number of halogens is 2. The fourth-order valence-corrected chi connectivity index (χ4v) is 3.07. The van der Waals surface area contributed by atoms with Crippen molar-refractivity contribution in [2.45, 2.75) is 32.7 Å². The Hall–Kier alpha value is 0.320. The van der Waals surface area contributed by atoms with Gasteiger partial charge in [-0.05, 0) is 26.1 Å². The second-order valence-corrected chi connectivity index (χ2v) is 5.81. The number of amides is 1. The Balaban J connectivity index is 0. The molecule has 0 aromatic carbocycles. The molecule has 7 heteroatoms. The number of carbonyl (C=O) groups excluding carboxylic acids is 1. The second kappa shape index (κ2) is 14.3. The Labute approximate surface area is 140 Å². The third kappa shape index (κ3) is 10.1. The van der Waals surface area contributed by atoms with Gasteiger partial charge in [0.05, 0.1) is 0 Å². The fourth-order valence-electron chi connectivity index (χ4n) is 2.12. The monoisotopic (exact) mass is 345 g/mol. The minimum atomic E-state index is 0. The van der Waals surface area contributed by atoms with Crippen LogP contribution in [0, 0.1) is 0 Å². The van der Waals surface area contributed by atoms with Crippen molar-refractivity contribution >= 4 is 42.5 Å². The van der Waals surface area contributed by atoms with Crippen molar-refractivity contribution in [1.82, 2.24) is 15.5 Å². The average molecular weight is 346 g/mol. The van der Waals surface area contributed by atoms with E-state index in [9.17, 15) is 4.79 Å². The average Bonchev–Trinajstić information content (AvgIpc) is 2.40. The van der Waals surface area contributed by atoms with E-state index in [1.165, 1.54) is 5.75 Å². The van der Waals surface area contributed by atoms with E-state index in [-0.39, 0.29) is 30.7 Å². The molecular weight excluding hydrogens is 317 g/mol. The summed E-state index contributed by atoms with van der Waals surface area (Å²) in [7, 11) is 0. The van der Waals surface area contributed by atoms with E-state index in [1.54, 1.807) is 0 Å². The number of thioether (sulfide) groups is 1. The highest BCUT2D eigenvalue weighted by Crippen LogP contribution is 2.09. The molecule has 0 bridgehead atoms. The topological polar surface area (TPSA) is 44.4 Å². The van der Waals surface area contributed by atoms with Crippen LogP contribution in [0.2, 0.25) is 0 Å². The lowest BCUT2D eigenvalue weighted by Gasteiger charge is -2.22. The molecule has 0 aromatic heterocycles. The molecule has 1 aliphatic heterocycles. The van der Waals surface area contributed by atoms with Crippen molar-refractivity contribution in [1.29, 1.82) is 0 Å². The molecule has 1 unspecified atom stereocenters. The van der Waals surface area contributed by atoms with Crippen LogP contribution in [-0.4, -0.2) is 61.1 Å². The SMILES string of the molecule is CCN(CC)CCCNC(=O)CC1CSCCN1.Cl.Cl. The summed E-state index contributed by atoms with van der Waals surface area (Å²) in [5.41, 5.74) is 0. The predicted octanol–water partition coefficient (Wildman–Crippen LogP) is 1.77. The third-order valence-electron chi connectivity index (χ3n) is 3.30. The molecule has 0 aliphatic carbocycles. The highest BCUT2D eigenvalue weighted by Gasteiger charge is 2.16. The Kier molecular flexibility index (Phi) is 16.1. The van der Waals surface area contributed by atoms with Gasteiger partial charge in [-0.2, -0.15) is 11.8 Å². The molecule has 0 aromatic rings. The molecule has 1 atom stereocenters. The summed E-state index contributed by atoms with van der Waals surface area (Å²) >= 11 is 1.93. The zero-order chi connectivity index (χ0) is 13.2. The quantitative estimate of drug-likeness (QED) is 0.658. The smallest absolute Gasteiger partial charge is 0.221 e. The molecule has 1 amide bonds. The van der Waals surface area contributed by atoms with Gasteiger partial charge in [-0.15, -0.1) is 24.8 Å². The number of nitrogens with zero attached hydrogens (tertiary/aromatic N) is 1. The van der Waals surface area contributed by atoms with E-state index < -0.39 is 0 Å². The van der Waals surface area contributed by atoms with Crippen molar-refractivity contribution in [3.63, 3.8) is 0 Å². The predicted molar refractivity (Wildman–Crippen MR) is 93.6 cm³/mol. The molecule has 1 rings (SSSR count). The van der Waals surface area contributed by atoms with E-state index >= 15 is 0 Å². The number of hydrogen-bond acceptors (Lipinski definition) is 4. The van der Waals surface area contributed by atoms with Gasteiger partial charge in [-0.1, -0.05) is 13.8 Å². The van der Waals surface area contributed by atoms with Crippen LogP contribution in [0.25, 0.3) is 0 Å². The van der Waals surface area contributed by atoms with E-state index in [0.717, 1.165) is 44.9 Å². The van der Waals surface area contributed by atoms with E-state index in [2.05, 4.69) is 29.4 Å². The van der Waals surface area contributed by atoms with Crippen molar-refractivity contribution < 1.29 is 4.79 Å². The maximum Gasteiger partial charge on any atom is 0.221 e. The highest BCUT2D eigenvalue weighted by molar-refractivity contribution is 7.99. The Morgan fingerprint density at radius 3 is 2.60 bits per heavy atom. The summed E-state index contributed by atoms with van der Waals surface area (Å²) in [6.45, 7) is 9.44. The van der Waals surface area contributed by atoms with Gasteiger partial charge in [-0.25, -0.2) is 0 Å². The summed E-state index contributed by atoms with van der Waals surface area (Å²) in [5.74, 6) is 2.42. The van der Waals surface area contributed by atoms with Crippen molar-refractivity contribution in [2.75, 3.05) is 44.2 Å². The molecule has 122 valence electrons. The van der Waals surface area contributed by atoms with Crippen LogP contribution >= 0.6 is 36.6 Å². The van der Waals surface area contributed by atoms with Gasteiger partial charge in [0.25, 0.3) is 0 Å². The Morgan fingerprint density at radius 2 is 2.05 bits per heavy atom. The van der Waals surface area contributed by atoms with Crippen LogP contribution in [0.15, 0.2) is 0 Å². The Morgan fingerprint density at radius 1 is 1.35 bits per heavy atom. The first-order valence-electron chi connectivity index (χ1n) is 7.06. The number of hydrogen-bond donors (Lipinski definition) is 2. The largest absolute Gasteiger partial charge is 0.356 e. The van der Waals surface area contributed by atoms with Crippen LogP contribution in [0.1, 0.15) is 26.7 Å². The summed E-state index contributed by atoms with van der Waals surface area (Å²) in [5, 5.41) is 6.41. The summed E-state index contributed by atoms with van der Waals surface area (Å²) in [4.78, 5) is 14.1. The lowest BCUT2D eigenvalue weighted by Crippen LogP contribution is -2.41. The van der Waals surface area contributed by atoms with Gasteiger partial charge >= 0.3 is 0 Å². The maximum absolute atomic E-state index is 11.7. The van der Waals surface area contributed by atoms with Crippen molar-refractivity contribution in [2.24, 2.45) is 0 Å². The molecule has 4 nitrogen and oxygen atoms in total. The first-order chi connectivity index (χ1) is 8.76. The minimum Gasteiger partial charge on any atom is -0.356 e. The standard InChI is InChI=1S/C13H27N3OS.2ClH/c1-3-16(4-2)8-5-6-15-13(17)10-12-11-18-9-7-14-12;;/h12,14H,3-11H2,1-2H3,(H,15,17);2*1H. The summed E-state index contributed by atoms with van der Waals surface area (Å²) in [6.07, 6.45) is 1.67. The van der Waals surface area contributed by atoms with Gasteiger partial charge in [0.1, 0.15) is 0 Å². The van der Waals surface area contributed by atoms with E-state index in [4.69, 9.17) is 0 Å². The van der Waals surface area contributed by atoms with Crippen LogP contribution in [0.4, 0.5) is 0 Å². The van der Waals surface area contributed by atoms with Crippen molar-refractivity contribution in [3.05, 3.63) is 0 Å². The molecule has 1 aliphatic rings. The van der Waals surface area contributed by atoms with Gasteiger partial charge in [-0.3, -0.25) is 4.79 Å². The fraction of sp³-hybridized carbons (Fsp3) is 0.923. The zero-order valence-corrected chi connectivity index (χ0v) is 15.0. The van der Waals surface area contributed by atoms with Crippen LogP contribution in [0.5, 0.6) is 0 Å². The number of nitrogens with one attached hydrogen (secondary N) is 2. The molecule has 0 saturated carbocycles. The lowest BCUT2D eigenvalue weighted by molar-refractivity contribution is -0.121. The van der Waals surface area contributed by atoms with Crippen LogP contribution < -0.4 is 10.6 Å². The van der Waals surface area contributed by atoms with Gasteiger partial charge in [0.15, 0.2) is 0 Å². The van der Waals surface area contributed by atoms with Gasteiger partial charge in [0.2, 0.25) is 5.91 Å². The summed E-state index contributed by atoms with van der Waals surface area (Å²) < 4.78 is 0. The third-order valence-corrected chi connectivity index (χ3v) is 4.43. The molecule has 2 N–H and O–H groups in total. The van der Waals surface area contributed by atoms with Crippen LogP contribution in [0.3, 0.4) is 0 Å².